The molecule has 1 atom stereocenters. The van der Waals surface area contributed by atoms with Crippen LogP contribution in [0, 0.1) is 13.8 Å². The minimum atomic E-state index is 0.287. The Morgan fingerprint density at radius 2 is 2.14 bits per heavy atom. The fraction of sp³-hybridized carbons (Fsp3) is 0.700. The van der Waals surface area contributed by atoms with Gasteiger partial charge in [-0.05, 0) is 20.8 Å². The first kappa shape index (κ1) is 9.68. The van der Waals surface area contributed by atoms with Crippen molar-refractivity contribution in [1.82, 2.24) is 10.5 Å². The maximum absolute atomic E-state index is 5.13. The molecule has 2 rings (SSSR count). The van der Waals surface area contributed by atoms with Gasteiger partial charge >= 0.3 is 0 Å². The van der Waals surface area contributed by atoms with Crippen molar-refractivity contribution in [3.05, 3.63) is 17.0 Å². The molecule has 0 amide bonds. The average Bonchev–Trinajstić information content (AvgIpc) is 2.39. The Morgan fingerprint density at radius 3 is 2.57 bits per heavy atom. The predicted molar refractivity (Wildman–Crippen MR) is 52.1 cm³/mol. The second kappa shape index (κ2) is 3.71. The third kappa shape index (κ3) is 1.67. The van der Waals surface area contributed by atoms with Crippen molar-refractivity contribution in [3.8, 4) is 0 Å². The lowest BCUT2D eigenvalue weighted by molar-refractivity contribution is -0.00933. The quantitative estimate of drug-likeness (QED) is 0.792. The van der Waals surface area contributed by atoms with Crippen LogP contribution in [0.5, 0.6) is 0 Å². The van der Waals surface area contributed by atoms with Crippen LogP contribution in [-0.2, 0) is 4.74 Å². The van der Waals surface area contributed by atoms with E-state index in [2.05, 4.69) is 17.4 Å². The van der Waals surface area contributed by atoms with E-state index in [1.807, 2.05) is 13.8 Å². The fourth-order valence-corrected chi connectivity index (χ4v) is 1.88. The standard InChI is InChI=1S/C10H16N2O2/c1-6(11-9-4-13-5-9)10-7(2)12-14-8(10)3/h6,9,11H,4-5H2,1-3H3. The summed E-state index contributed by atoms with van der Waals surface area (Å²) in [6, 6.07) is 0.772. The van der Waals surface area contributed by atoms with E-state index in [-0.39, 0.29) is 6.04 Å². The molecule has 0 bridgehead atoms. The molecule has 4 heteroatoms. The summed E-state index contributed by atoms with van der Waals surface area (Å²) in [6.45, 7) is 7.68. The topological polar surface area (TPSA) is 47.3 Å². The molecule has 1 saturated heterocycles. The van der Waals surface area contributed by atoms with Gasteiger partial charge in [0.05, 0.1) is 24.9 Å². The highest BCUT2D eigenvalue weighted by Gasteiger charge is 2.23. The Bertz CT molecular complexity index is 298. The van der Waals surface area contributed by atoms with E-state index in [0.717, 1.165) is 24.7 Å². The number of aromatic nitrogens is 1. The van der Waals surface area contributed by atoms with E-state index >= 15 is 0 Å². The lowest BCUT2D eigenvalue weighted by Gasteiger charge is -2.30. The number of rotatable bonds is 3. The molecule has 1 aromatic heterocycles. The molecule has 14 heavy (non-hydrogen) atoms. The van der Waals surface area contributed by atoms with Crippen LogP contribution < -0.4 is 5.32 Å². The summed E-state index contributed by atoms with van der Waals surface area (Å²) in [5, 5.41) is 7.42. The molecule has 0 saturated carbocycles. The summed E-state index contributed by atoms with van der Waals surface area (Å²) < 4.78 is 10.2. The van der Waals surface area contributed by atoms with Gasteiger partial charge in [-0.15, -0.1) is 0 Å². The summed E-state index contributed by atoms with van der Waals surface area (Å²) in [5.74, 6) is 0.905. The van der Waals surface area contributed by atoms with Gasteiger partial charge in [-0.1, -0.05) is 5.16 Å². The summed E-state index contributed by atoms with van der Waals surface area (Å²) in [5.41, 5.74) is 2.15. The highest BCUT2D eigenvalue weighted by atomic mass is 16.5. The molecule has 0 aliphatic carbocycles. The van der Waals surface area contributed by atoms with Gasteiger partial charge in [-0.25, -0.2) is 0 Å². The van der Waals surface area contributed by atoms with Crippen molar-refractivity contribution in [2.75, 3.05) is 13.2 Å². The first-order valence-corrected chi connectivity index (χ1v) is 4.95. The van der Waals surface area contributed by atoms with Gasteiger partial charge in [0.2, 0.25) is 0 Å². The van der Waals surface area contributed by atoms with Gasteiger partial charge in [-0.3, -0.25) is 0 Å². The molecule has 1 aromatic rings. The number of hydrogen-bond acceptors (Lipinski definition) is 4. The van der Waals surface area contributed by atoms with E-state index in [9.17, 15) is 0 Å². The molecule has 0 spiro atoms. The van der Waals surface area contributed by atoms with Crippen LogP contribution in [0.4, 0.5) is 0 Å². The molecule has 1 aliphatic rings. The summed E-state index contributed by atoms with van der Waals surface area (Å²) in [4.78, 5) is 0. The third-order valence-corrected chi connectivity index (χ3v) is 2.65. The normalized spacial score (nSPS) is 19.4. The van der Waals surface area contributed by atoms with Crippen LogP contribution in [0.2, 0.25) is 0 Å². The second-order valence-corrected chi connectivity index (χ2v) is 3.86. The molecule has 1 fully saturated rings. The molecule has 1 aliphatic heterocycles. The van der Waals surface area contributed by atoms with E-state index in [4.69, 9.17) is 9.26 Å². The molecule has 78 valence electrons. The van der Waals surface area contributed by atoms with Crippen LogP contribution in [0.25, 0.3) is 0 Å². The Balaban J connectivity index is 2.05. The van der Waals surface area contributed by atoms with Crippen molar-refractivity contribution in [2.45, 2.75) is 32.9 Å². The largest absolute Gasteiger partial charge is 0.378 e. The first-order valence-electron chi connectivity index (χ1n) is 4.95. The number of nitrogens with zero attached hydrogens (tertiary/aromatic N) is 1. The Morgan fingerprint density at radius 1 is 1.43 bits per heavy atom. The van der Waals surface area contributed by atoms with Crippen LogP contribution in [0.15, 0.2) is 4.52 Å². The van der Waals surface area contributed by atoms with Crippen LogP contribution in [-0.4, -0.2) is 24.4 Å². The second-order valence-electron chi connectivity index (χ2n) is 3.86. The summed E-state index contributed by atoms with van der Waals surface area (Å²) in [6.07, 6.45) is 0. The zero-order valence-electron chi connectivity index (χ0n) is 8.83. The monoisotopic (exact) mass is 196 g/mol. The summed E-state index contributed by atoms with van der Waals surface area (Å²) >= 11 is 0. The Labute approximate surface area is 83.6 Å². The van der Waals surface area contributed by atoms with E-state index in [1.165, 1.54) is 5.56 Å². The van der Waals surface area contributed by atoms with E-state index < -0.39 is 0 Å². The zero-order valence-corrected chi connectivity index (χ0v) is 8.83. The molecule has 0 aromatic carbocycles. The first-order chi connectivity index (χ1) is 6.68. The molecule has 1 N–H and O–H groups in total. The van der Waals surface area contributed by atoms with E-state index in [0.29, 0.717) is 6.04 Å². The van der Waals surface area contributed by atoms with Crippen LogP contribution in [0.1, 0.15) is 30.0 Å². The Kier molecular flexibility index (Phi) is 2.56. The smallest absolute Gasteiger partial charge is 0.138 e. The van der Waals surface area contributed by atoms with Crippen molar-refractivity contribution in [3.63, 3.8) is 0 Å². The molecule has 2 heterocycles. The SMILES string of the molecule is Cc1noc(C)c1C(C)NC1COC1. The summed E-state index contributed by atoms with van der Waals surface area (Å²) in [7, 11) is 0. The van der Waals surface area contributed by atoms with Gasteiger partial charge in [0, 0.05) is 11.6 Å². The van der Waals surface area contributed by atoms with Gasteiger partial charge in [-0.2, -0.15) is 0 Å². The van der Waals surface area contributed by atoms with Crippen LogP contribution >= 0.6 is 0 Å². The van der Waals surface area contributed by atoms with Crippen molar-refractivity contribution < 1.29 is 9.26 Å². The number of nitrogens with one attached hydrogen (secondary N) is 1. The minimum absolute atomic E-state index is 0.287. The zero-order chi connectivity index (χ0) is 10.1. The number of hydrogen-bond donors (Lipinski definition) is 1. The predicted octanol–water partition coefficient (Wildman–Crippen LogP) is 1.34. The van der Waals surface area contributed by atoms with Crippen molar-refractivity contribution in [2.24, 2.45) is 0 Å². The highest BCUT2D eigenvalue weighted by molar-refractivity contribution is 5.24. The number of aryl methyl sites for hydroxylation is 2. The molecular weight excluding hydrogens is 180 g/mol. The lowest BCUT2D eigenvalue weighted by atomic mass is 10.1. The third-order valence-electron chi connectivity index (χ3n) is 2.65. The van der Waals surface area contributed by atoms with Crippen molar-refractivity contribution >= 4 is 0 Å². The van der Waals surface area contributed by atoms with Gasteiger partial charge < -0.3 is 14.6 Å². The van der Waals surface area contributed by atoms with Gasteiger partial charge in [0.25, 0.3) is 0 Å². The number of ether oxygens (including phenoxy) is 1. The maximum atomic E-state index is 5.13. The lowest BCUT2D eigenvalue weighted by Crippen LogP contribution is -2.46. The van der Waals surface area contributed by atoms with Crippen molar-refractivity contribution in [1.29, 1.82) is 0 Å². The van der Waals surface area contributed by atoms with Gasteiger partial charge in [0.15, 0.2) is 0 Å². The highest BCUT2D eigenvalue weighted by Crippen LogP contribution is 2.22. The Hall–Kier alpha value is -0.870. The fourth-order valence-electron chi connectivity index (χ4n) is 1.88. The average molecular weight is 196 g/mol. The minimum Gasteiger partial charge on any atom is -0.378 e. The molecule has 4 nitrogen and oxygen atoms in total. The van der Waals surface area contributed by atoms with Gasteiger partial charge in [0.1, 0.15) is 5.76 Å². The van der Waals surface area contributed by atoms with Crippen LogP contribution in [0.3, 0.4) is 0 Å². The molecule has 1 unspecified atom stereocenters. The molecule has 0 radical (unpaired) electrons. The molecular formula is C10H16N2O2. The maximum Gasteiger partial charge on any atom is 0.138 e. The van der Waals surface area contributed by atoms with E-state index in [1.54, 1.807) is 0 Å².